The van der Waals surface area contributed by atoms with Crippen molar-refractivity contribution >= 4 is 17.7 Å². The van der Waals surface area contributed by atoms with Crippen molar-refractivity contribution in [2.75, 3.05) is 19.4 Å². The molecule has 1 amide bonds. The molecule has 1 saturated heterocycles. The van der Waals surface area contributed by atoms with Crippen LogP contribution in [0.25, 0.3) is 0 Å². The molecule has 0 N–H and O–H groups in total. The highest BCUT2D eigenvalue weighted by atomic mass is 32.2. The van der Waals surface area contributed by atoms with Crippen LogP contribution in [0.15, 0.2) is 24.3 Å². The second-order valence-corrected chi connectivity index (χ2v) is 5.00. The number of hydrogen-bond acceptors (Lipinski definition) is 4. The number of rotatable bonds is 4. The van der Waals surface area contributed by atoms with E-state index in [0.29, 0.717) is 18.7 Å². The van der Waals surface area contributed by atoms with Gasteiger partial charge in [-0.05, 0) is 17.7 Å². The minimum absolute atomic E-state index is 0.0248. The Morgan fingerprint density at radius 2 is 2.22 bits per heavy atom. The zero-order valence-electron chi connectivity index (χ0n) is 10.1. The van der Waals surface area contributed by atoms with Gasteiger partial charge in [0.15, 0.2) is 0 Å². The van der Waals surface area contributed by atoms with Crippen LogP contribution in [0, 0.1) is 11.3 Å². The van der Waals surface area contributed by atoms with Crippen LogP contribution in [-0.4, -0.2) is 30.2 Å². The summed E-state index contributed by atoms with van der Waals surface area (Å²) < 4.78 is 5.11. The summed E-state index contributed by atoms with van der Waals surface area (Å²) in [5.41, 5.74) is 1.07. The maximum absolute atomic E-state index is 11.8. The molecule has 1 aliphatic heterocycles. The third-order valence-corrected chi connectivity index (χ3v) is 4.09. The van der Waals surface area contributed by atoms with Crippen LogP contribution >= 0.6 is 11.8 Å². The van der Waals surface area contributed by atoms with Crippen LogP contribution < -0.4 is 4.74 Å². The van der Waals surface area contributed by atoms with Crippen molar-refractivity contribution in [2.45, 2.75) is 11.8 Å². The fourth-order valence-corrected chi connectivity index (χ4v) is 3.13. The van der Waals surface area contributed by atoms with Crippen molar-refractivity contribution in [1.82, 2.24) is 4.90 Å². The summed E-state index contributed by atoms with van der Waals surface area (Å²) in [4.78, 5) is 13.5. The number of carbonyl (C=O) groups is 1. The van der Waals surface area contributed by atoms with E-state index < -0.39 is 0 Å². The standard InChI is InChI=1S/C13H14N2O2S/c1-17-11-5-3-10(4-6-11)13-15(8-2-7-14)12(16)9-18-13/h3-6,13H,2,8-9H2,1H3. The Hall–Kier alpha value is -1.67. The highest BCUT2D eigenvalue weighted by Crippen LogP contribution is 2.38. The van der Waals surface area contributed by atoms with Gasteiger partial charge in [-0.25, -0.2) is 0 Å². The van der Waals surface area contributed by atoms with Gasteiger partial charge in [0.25, 0.3) is 0 Å². The topological polar surface area (TPSA) is 53.3 Å². The van der Waals surface area contributed by atoms with Crippen LogP contribution in [0.4, 0.5) is 0 Å². The zero-order valence-corrected chi connectivity index (χ0v) is 10.9. The molecule has 0 aliphatic carbocycles. The number of amides is 1. The molecule has 2 rings (SSSR count). The number of thioether (sulfide) groups is 1. The largest absolute Gasteiger partial charge is 0.497 e. The molecule has 0 saturated carbocycles. The molecule has 1 unspecified atom stereocenters. The Bertz CT molecular complexity index is 467. The number of carbonyl (C=O) groups excluding carboxylic acids is 1. The lowest BCUT2D eigenvalue weighted by atomic mass is 10.2. The van der Waals surface area contributed by atoms with Crippen LogP contribution in [0.2, 0.25) is 0 Å². The molecule has 0 aromatic heterocycles. The second kappa shape index (κ2) is 5.78. The van der Waals surface area contributed by atoms with Crippen molar-refractivity contribution < 1.29 is 9.53 Å². The zero-order chi connectivity index (χ0) is 13.0. The van der Waals surface area contributed by atoms with E-state index in [4.69, 9.17) is 10.00 Å². The fourth-order valence-electron chi connectivity index (χ4n) is 1.91. The monoisotopic (exact) mass is 262 g/mol. The van der Waals surface area contributed by atoms with Gasteiger partial charge < -0.3 is 9.64 Å². The van der Waals surface area contributed by atoms with Crippen LogP contribution in [0.5, 0.6) is 5.75 Å². The number of nitrogens with zero attached hydrogens (tertiary/aromatic N) is 2. The third-order valence-electron chi connectivity index (χ3n) is 2.83. The van der Waals surface area contributed by atoms with E-state index >= 15 is 0 Å². The molecule has 4 nitrogen and oxygen atoms in total. The van der Waals surface area contributed by atoms with Gasteiger partial charge in [-0.2, -0.15) is 5.26 Å². The Labute approximate surface area is 111 Å². The van der Waals surface area contributed by atoms with Gasteiger partial charge in [0.05, 0.1) is 25.4 Å². The first-order valence-corrected chi connectivity index (χ1v) is 6.73. The van der Waals surface area contributed by atoms with E-state index in [0.717, 1.165) is 11.3 Å². The van der Waals surface area contributed by atoms with Crippen molar-refractivity contribution in [3.63, 3.8) is 0 Å². The molecule has 5 heteroatoms. The van der Waals surface area contributed by atoms with Crippen molar-refractivity contribution in [3.8, 4) is 11.8 Å². The number of nitriles is 1. The molecule has 0 spiro atoms. The van der Waals surface area contributed by atoms with E-state index in [1.54, 1.807) is 23.8 Å². The predicted octanol–water partition coefficient (Wildman–Crippen LogP) is 2.18. The van der Waals surface area contributed by atoms with E-state index in [9.17, 15) is 4.79 Å². The smallest absolute Gasteiger partial charge is 0.233 e. The number of hydrogen-bond donors (Lipinski definition) is 0. The van der Waals surface area contributed by atoms with Gasteiger partial charge in [0.1, 0.15) is 11.1 Å². The summed E-state index contributed by atoms with van der Waals surface area (Å²) in [6, 6.07) is 9.80. The van der Waals surface area contributed by atoms with Crippen LogP contribution in [-0.2, 0) is 4.79 Å². The molecule has 1 aromatic rings. The molecule has 94 valence electrons. The van der Waals surface area contributed by atoms with Crippen molar-refractivity contribution in [3.05, 3.63) is 29.8 Å². The quantitative estimate of drug-likeness (QED) is 0.834. The maximum atomic E-state index is 11.8. The van der Waals surface area contributed by atoms with Gasteiger partial charge >= 0.3 is 0 Å². The first kappa shape index (κ1) is 12.8. The molecule has 1 aliphatic rings. The normalized spacial score (nSPS) is 18.8. The van der Waals surface area contributed by atoms with E-state index in [2.05, 4.69) is 6.07 Å². The lowest BCUT2D eigenvalue weighted by molar-refractivity contribution is -0.127. The Kier molecular flexibility index (Phi) is 4.11. The summed E-state index contributed by atoms with van der Waals surface area (Å²) in [6.07, 6.45) is 0.374. The molecular weight excluding hydrogens is 248 g/mol. The Morgan fingerprint density at radius 3 is 2.83 bits per heavy atom. The number of methoxy groups -OCH3 is 1. The number of benzene rings is 1. The van der Waals surface area contributed by atoms with Gasteiger partial charge in [-0.15, -0.1) is 11.8 Å². The molecule has 1 heterocycles. The molecule has 0 bridgehead atoms. The lowest BCUT2D eigenvalue weighted by Crippen LogP contribution is -2.29. The Morgan fingerprint density at radius 1 is 1.50 bits per heavy atom. The van der Waals surface area contributed by atoms with Crippen LogP contribution in [0.1, 0.15) is 17.4 Å². The molecule has 0 radical (unpaired) electrons. The van der Waals surface area contributed by atoms with Gasteiger partial charge in [-0.1, -0.05) is 12.1 Å². The first-order chi connectivity index (χ1) is 8.76. The third kappa shape index (κ3) is 2.59. The maximum Gasteiger partial charge on any atom is 0.233 e. The molecule has 1 aromatic carbocycles. The molecule has 18 heavy (non-hydrogen) atoms. The average Bonchev–Trinajstić information content (AvgIpc) is 2.78. The predicted molar refractivity (Wildman–Crippen MR) is 70.1 cm³/mol. The summed E-state index contributed by atoms with van der Waals surface area (Å²) in [5.74, 6) is 1.40. The van der Waals surface area contributed by atoms with Gasteiger partial charge in [0, 0.05) is 6.54 Å². The molecular formula is C13H14N2O2S. The highest BCUT2D eigenvalue weighted by Gasteiger charge is 2.32. The summed E-state index contributed by atoms with van der Waals surface area (Å²) in [6.45, 7) is 0.499. The van der Waals surface area contributed by atoms with Crippen molar-refractivity contribution in [2.24, 2.45) is 0 Å². The summed E-state index contributed by atoms with van der Waals surface area (Å²) in [7, 11) is 1.63. The first-order valence-electron chi connectivity index (χ1n) is 5.68. The van der Waals surface area contributed by atoms with Crippen LogP contribution in [0.3, 0.4) is 0 Å². The summed E-state index contributed by atoms with van der Waals surface area (Å²) in [5, 5.41) is 8.65. The SMILES string of the molecule is COc1ccc(C2SCC(=O)N2CCC#N)cc1. The second-order valence-electron chi connectivity index (χ2n) is 3.93. The van der Waals surface area contributed by atoms with E-state index in [1.807, 2.05) is 24.3 Å². The Balaban J connectivity index is 2.15. The lowest BCUT2D eigenvalue weighted by Gasteiger charge is -2.23. The van der Waals surface area contributed by atoms with Crippen molar-refractivity contribution in [1.29, 1.82) is 5.26 Å². The van der Waals surface area contributed by atoms with E-state index in [-0.39, 0.29) is 11.3 Å². The minimum Gasteiger partial charge on any atom is -0.497 e. The molecule has 1 atom stereocenters. The van der Waals surface area contributed by atoms with E-state index in [1.165, 1.54) is 0 Å². The average molecular weight is 262 g/mol. The van der Waals surface area contributed by atoms with Gasteiger partial charge in [0.2, 0.25) is 5.91 Å². The fraction of sp³-hybridized carbons (Fsp3) is 0.385. The number of ether oxygens (including phenoxy) is 1. The highest BCUT2D eigenvalue weighted by molar-refractivity contribution is 8.00. The summed E-state index contributed by atoms with van der Waals surface area (Å²) >= 11 is 1.60. The van der Waals surface area contributed by atoms with Gasteiger partial charge in [-0.3, -0.25) is 4.79 Å². The molecule has 1 fully saturated rings. The minimum atomic E-state index is 0.0248.